The average Bonchev–Trinajstić information content (AvgIpc) is 2.57. The molecule has 17 heavy (non-hydrogen) atoms. The van der Waals surface area contributed by atoms with Crippen LogP contribution >= 0.6 is 0 Å². The highest BCUT2D eigenvalue weighted by Gasteiger charge is 2.46. The van der Waals surface area contributed by atoms with E-state index in [9.17, 15) is 4.80 Å². The zero-order chi connectivity index (χ0) is 13.3. The van der Waals surface area contributed by atoms with Crippen LogP contribution in [-0.4, -0.2) is 47.3 Å². The van der Waals surface area contributed by atoms with Gasteiger partial charge < -0.3 is 18.9 Å². The lowest BCUT2D eigenvalue weighted by Gasteiger charge is -2.38. The van der Waals surface area contributed by atoms with Gasteiger partial charge in [-0.3, -0.25) is 0 Å². The van der Waals surface area contributed by atoms with Crippen LogP contribution in [0, 0.1) is 5.92 Å². The van der Waals surface area contributed by atoms with Crippen LogP contribution in [0.1, 0.15) is 20.3 Å². The number of hydrogen-bond donors (Lipinski definition) is 1. The van der Waals surface area contributed by atoms with E-state index in [1.165, 1.54) is 0 Å². The monoisotopic (exact) mass is 258 g/mol. The van der Waals surface area contributed by atoms with Gasteiger partial charge in [0.05, 0.1) is 12.7 Å². The lowest BCUT2D eigenvalue weighted by atomic mass is 9.92. The molecule has 0 bridgehead atoms. The van der Waals surface area contributed by atoms with E-state index in [4.69, 9.17) is 22.2 Å². The molecular weight excluding hydrogens is 235 g/mol. The molecule has 1 aliphatic heterocycles. The standard InChI is InChI=1S/C11H23BO4Si/c1-11(2,17(4,5)13)6-8-9(16-12)7-15-10(8)14-3/h8-10,13H,6-7H2,1-5H3/t8-,9-,10?/m0/s1. The fourth-order valence-electron chi connectivity index (χ4n) is 2.06. The summed E-state index contributed by atoms with van der Waals surface area (Å²) in [5.74, 6) is 0.0684. The van der Waals surface area contributed by atoms with E-state index in [0.29, 0.717) is 6.61 Å². The van der Waals surface area contributed by atoms with Gasteiger partial charge in [0, 0.05) is 13.0 Å². The van der Waals surface area contributed by atoms with Crippen LogP contribution in [-0.2, 0) is 14.1 Å². The molecule has 0 spiro atoms. The van der Waals surface area contributed by atoms with E-state index >= 15 is 0 Å². The summed E-state index contributed by atoms with van der Waals surface area (Å²) in [5.41, 5.74) is 0. The third-order valence-corrected chi connectivity index (χ3v) is 7.58. The largest absolute Gasteiger partial charge is 0.442 e. The summed E-state index contributed by atoms with van der Waals surface area (Å²) in [4.78, 5) is 10.3. The molecule has 0 aromatic rings. The molecule has 4 nitrogen and oxygen atoms in total. The molecule has 1 unspecified atom stereocenters. The highest BCUT2D eigenvalue weighted by Crippen LogP contribution is 2.45. The summed E-state index contributed by atoms with van der Waals surface area (Å²) in [7, 11) is 4.65. The van der Waals surface area contributed by atoms with Gasteiger partial charge in [-0.25, -0.2) is 0 Å². The molecule has 0 amide bonds. The Balaban J connectivity index is 2.77. The van der Waals surface area contributed by atoms with Crippen LogP contribution in [0.15, 0.2) is 0 Å². The molecule has 3 atom stereocenters. The predicted molar refractivity (Wildman–Crippen MR) is 69.2 cm³/mol. The maximum Gasteiger partial charge on any atom is 0.283 e. The van der Waals surface area contributed by atoms with Crippen LogP contribution < -0.4 is 0 Å². The topological polar surface area (TPSA) is 47.9 Å². The van der Waals surface area contributed by atoms with Crippen molar-refractivity contribution < 1.29 is 18.9 Å². The predicted octanol–water partition coefficient (Wildman–Crippen LogP) is 1.44. The van der Waals surface area contributed by atoms with Crippen molar-refractivity contribution in [3.05, 3.63) is 0 Å². The van der Waals surface area contributed by atoms with Gasteiger partial charge in [0.2, 0.25) is 0 Å². The van der Waals surface area contributed by atoms with Crippen molar-refractivity contribution in [1.29, 1.82) is 0 Å². The van der Waals surface area contributed by atoms with E-state index in [0.717, 1.165) is 6.42 Å². The molecule has 1 N–H and O–H groups in total. The molecule has 0 aromatic heterocycles. The van der Waals surface area contributed by atoms with E-state index in [2.05, 4.69) is 13.8 Å². The first kappa shape index (κ1) is 15.2. The van der Waals surface area contributed by atoms with E-state index < -0.39 is 8.32 Å². The van der Waals surface area contributed by atoms with Gasteiger partial charge in [-0.05, 0) is 24.6 Å². The highest BCUT2D eigenvalue weighted by atomic mass is 28.4. The van der Waals surface area contributed by atoms with Crippen molar-refractivity contribution in [2.45, 2.75) is 50.8 Å². The lowest BCUT2D eigenvalue weighted by molar-refractivity contribution is -0.113. The molecule has 1 saturated heterocycles. The summed E-state index contributed by atoms with van der Waals surface area (Å²) >= 11 is 0. The van der Waals surface area contributed by atoms with Gasteiger partial charge in [0.15, 0.2) is 14.6 Å². The zero-order valence-electron chi connectivity index (χ0n) is 11.4. The quantitative estimate of drug-likeness (QED) is 0.758. The number of methoxy groups -OCH3 is 1. The Kier molecular flexibility index (Phi) is 4.82. The maximum absolute atomic E-state index is 10.3. The number of ether oxygens (including phenoxy) is 2. The molecule has 0 aliphatic carbocycles. The minimum Gasteiger partial charge on any atom is -0.442 e. The van der Waals surface area contributed by atoms with Crippen molar-refractivity contribution >= 4 is 16.4 Å². The number of rotatable bonds is 5. The summed E-state index contributed by atoms with van der Waals surface area (Å²) in [6.07, 6.45) is 0.332. The molecule has 1 aliphatic rings. The molecule has 1 rings (SSSR count). The molecule has 0 aromatic carbocycles. The second kappa shape index (κ2) is 5.40. The minimum atomic E-state index is -2.24. The van der Waals surface area contributed by atoms with Crippen LogP contribution in [0.25, 0.3) is 0 Å². The third kappa shape index (κ3) is 3.32. The fraction of sp³-hybridized carbons (Fsp3) is 1.00. The first-order valence-corrected chi connectivity index (χ1v) is 8.90. The lowest BCUT2D eigenvalue weighted by Crippen LogP contribution is -2.42. The van der Waals surface area contributed by atoms with Crippen molar-refractivity contribution in [1.82, 2.24) is 0 Å². The summed E-state index contributed by atoms with van der Waals surface area (Å²) in [6.45, 7) is 8.50. The number of hydrogen-bond acceptors (Lipinski definition) is 4. The van der Waals surface area contributed by atoms with Crippen LogP contribution in [0.2, 0.25) is 18.1 Å². The van der Waals surface area contributed by atoms with Gasteiger partial charge >= 0.3 is 0 Å². The van der Waals surface area contributed by atoms with Crippen LogP contribution in [0.4, 0.5) is 0 Å². The first-order chi connectivity index (χ1) is 7.73. The Hall–Kier alpha value is 0.122. The van der Waals surface area contributed by atoms with Crippen molar-refractivity contribution in [2.75, 3.05) is 13.7 Å². The SMILES string of the molecule is [B]O[C@H]1COC(OC)[C@H]1CC(C)(C)[Si](C)(C)O. The molecule has 1 fully saturated rings. The Morgan fingerprint density at radius 2 is 2.06 bits per heavy atom. The van der Waals surface area contributed by atoms with Gasteiger partial charge in [-0.15, -0.1) is 0 Å². The van der Waals surface area contributed by atoms with E-state index in [1.807, 2.05) is 13.1 Å². The van der Waals surface area contributed by atoms with Crippen molar-refractivity contribution in [2.24, 2.45) is 5.92 Å². The second-order valence-corrected chi connectivity index (χ2v) is 10.4. The molecular formula is C11H23BO4Si. The summed E-state index contributed by atoms with van der Waals surface area (Å²) < 4.78 is 15.7. The summed E-state index contributed by atoms with van der Waals surface area (Å²) in [6, 6.07) is 0. The Labute approximate surface area is 106 Å². The Morgan fingerprint density at radius 1 is 1.47 bits per heavy atom. The van der Waals surface area contributed by atoms with Crippen molar-refractivity contribution in [3.63, 3.8) is 0 Å². The van der Waals surface area contributed by atoms with Crippen LogP contribution in [0.3, 0.4) is 0 Å². The van der Waals surface area contributed by atoms with Gasteiger partial charge in [-0.2, -0.15) is 0 Å². The Bertz CT molecular complexity index is 242. The Morgan fingerprint density at radius 3 is 2.47 bits per heavy atom. The highest BCUT2D eigenvalue weighted by molar-refractivity contribution is 6.72. The van der Waals surface area contributed by atoms with Gasteiger partial charge in [0.1, 0.15) is 0 Å². The fourth-order valence-corrected chi connectivity index (χ4v) is 2.80. The smallest absolute Gasteiger partial charge is 0.283 e. The maximum atomic E-state index is 10.3. The van der Waals surface area contributed by atoms with Gasteiger partial charge in [-0.1, -0.05) is 13.8 Å². The third-order valence-electron chi connectivity index (χ3n) is 4.06. The zero-order valence-corrected chi connectivity index (χ0v) is 12.4. The summed E-state index contributed by atoms with van der Waals surface area (Å²) in [5, 5.41) is -0.140. The van der Waals surface area contributed by atoms with Crippen molar-refractivity contribution in [3.8, 4) is 0 Å². The first-order valence-electron chi connectivity index (χ1n) is 5.95. The average molecular weight is 258 g/mol. The second-order valence-electron chi connectivity index (χ2n) is 5.92. The van der Waals surface area contributed by atoms with Gasteiger partial charge in [0.25, 0.3) is 8.05 Å². The molecule has 98 valence electrons. The molecule has 1 heterocycles. The minimum absolute atomic E-state index is 0.0684. The van der Waals surface area contributed by atoms with E-state index in [1.54, 1.807) is 7.11 Å². The normalized spacial score (nSPS) is 30.8. The van der Waals surface area contributed by atoms with E-state index in [-0.39, 0.29) is 23.4 Å². The molecule has 6 heteroatoms. The molecule has 2 radical (unpaired) electrons. The molecule has 0 saturated carbocycles. The van der Waals surface area contributed by atoms with Crippen LogP contribution in [0.5, 0.6) is 0 Å².